The van der Waals surface area contributed by atoms with Crippen LogP contribution >= 0.6 is 15.9 Å². The number of halogens is 1. The van der Waals surface area contributed by atoms with Crippen LogP contribution in [-0.4, -0.2) is 29.3 Å². The Bertz CT molecular complexity index is 820. The molecule has 5 heteroatoms. The number of likely N-dealkylation sites (N-methyl/N-ethyl adjacent to an activating group) is 1. The Balaban J connectivity index is 2.25. The smallest absolute Gasteiger partial charge is 0.242 e. The lowest BCUT2D eigenvalue weighted by Gasteiger charge is -2.29. The van der Waals surface area contributed by atoms with Gasteiger partial charge in [0.05, 0.1) is 6.42 Å². The minimum Gasteiger partial charge on any atom is -0.355 e. The number of nitrogens with one attached hydrogen (secondary N) is 1. The van der Waals surface area contributed by atoms with E-state index >= 15 is 0 Å². The van der Waals surface area contributed by atoms with Crippen molar-refractivity contribution in [3.8, 4) is 0 Å². The number of hydrogen-bond donors (Lipinski definition) is 1. The van der Waals surface area contributed by atoms with Crippen LogP contribution in [0.15, 0.2) is 46.9 Å². The minimum absolute atomic E-state index is 0.0584. The number of aryl methyl sites for hydroxylation is 2. The fourth-order valence-corrected chi connectivity index (χ4v) is 3.37. The molecule has 0 aromatic heterocycles. The second-order valence-corrected chi connectivity index (χ2v) is 7.73. The lowest BCUT2D eigenvalue weighted by atomic mass is 10.0. The molecular formula is C22H27BrN2O2. The highest BCUT2D eigenvalue weighted by Crippen LogP contribution is 2.17. The van der Waals surface area contributed by atoms with Crippen molar-refractivity contribution in [3.05, 3.63) is 69.2 Å². The first-order valence-corrected chi connectivity index (χ1v) is 9.99. The fraction of sp³-hybridized carbons (Fsp3) is 0.364. The van der Waals surface area contributed by atoms with Gasteiger partial charge in [-0.1, -0.05) is 46.3 Å². The Labute approximate surface area is 170 Å². The summed E-state index contributed by atoms with van der Waals surface area (Å²) in [6, 6.07) is 13.3. The van der Waals surface area contributed by atoms with E-state index in [0.717, 1.165) is 21.2 Å². The van der Waals surface area contributed by atoms with Crippen LogP contribution in [-0.2, 0) is 22.6 Å². The SMILES string of the molecule is CCNC(=O)C(C)N(Cc1cccc(Br)c1)C(=O)Cc1ccc(C)c(C)c1. The van der Waals surface area contributed by atoms with E-state index in [9.17, 15) is 9.59 Å². The molecule has 2 amide bonds. The number of carbonyl (C=O) groups is 2. The molecule has 2 rings (SSSR count). The third kappa shape index (κ3) is 5.93. The number of amides is 2. The van der Waals surface area contributed by atoms with Crippen LogP contribution in [0.3, 0.4) is 0 Å². The summed E-state index contributed by atoms with van der Waals surface area (Å²) in [5.74, 6) is -0.196. The Morgan fingerprint density at radius 1 is 1.07 bits per heavy atom. The summed E-state index contributed by atoms with van der Waals surface area (Å²) in [6.07, 6.45) is 0.277. The van der Waals surface area contributed by atoms with Crippen molar-refractivity contribution in [2.24, 2.45) is 0 Å². The van der Waals surface area contributed by atoms with Gasteiger partial charge in [-0.2, -0.15) is 0 Å². The average Bonchev–Trinajstić information content (AvgIpc) is 2.62. The van der Waals surface area contributed by atoms with Crippen molar-refractivity contribution in [2.45, 2.75) is 46.7 Å². The zero-order valence-corrected chi connectivity index (χ0v) is 18.0. The van der Waals surface area contributed by atoms with Crippen molar-refractivity contribution >= 4 is 27.7 Å². The monoisotopic (exact) mass is 430 g/mol. The van der Waals surface area contributed by atoms with E-state index < -0.39 is 6.04 Å². The topological polar surface area (TPSA) is 49.4 Å². The van der Waals surface area contributed by atoms with Crippen LogP contribution in [0.2, 0.25) is 0 Å². The third-order valence-corrected chi connectivity index (χ3v) is 5.18. The number of nitrogens with zero attached hydrogens (tertiary/aromatic N) is 1. The molecule has 0 aliphatic carbocycles. The quantitative estimate of drug-likeness (QED) is 0.716. The third-order valence-electron chi connectivity index (χ3n) is 4.69. The molecule has 4 nitrogen and oxygen atoms in total. The fourth-order valence-electron chi connectivity index (χ4n) is 2.93. The van der Waals surface area contributed by atoms with Crippen LogP contribution in [0.25, 0.3) is 0 Å². The maximum absolute atomic E-state index is 13.1. The summed E-state index contributed by atoms with van der Waals surface area (Å²) in [6.45, 7) is 8.68. The van der Waals surface area contributed by atoms with E-state index in [0.29, 0.717) is 13.1 Å². The predicted molar refractivity (Wildman–Crippen MR) is 112 cm³/mol. The molecule has 2 aromatic rings. The maximum atomic E-state index is 13.1. The molecule has 1 N–H and O–H groups in total. The first-order chi connectivity index (χ1) is 12.8. The van der Waals surface area contributed by atoms with Crippen molar-refractivity contribution < 1.29 is 9.59 Å². The molecule has 144 valence electrons. The zero-order chi connectivity index (χ0) is 20.0. The average molecular weight is 431 g/mol. The number of rotatable bonds is 7. The summed E-state index contributed by atoms with van der Waals surface area (Å²) in [4.78, 5) is 27.1. The van der Waals surface area contributed by atoms with Gasteiger partial charge in [0, 0.05) is 17.6 Å². The van der Waals surface area contributed by atoms with Crippen molar-refractivity contribution in [1.82, 2.24) is 10.2 Å². The van der Waals surface area contributed by atoms with Gasteiger partial charge in [-0.3, -0.25) is 9.59 Å². The molecule has 0 aliphatic rings. The van der Waals surface area contributed by atoms with Gasteiger partial charge in [0.25, 0.3) is 0 Å². The van der Waals surface area contributed by atoms with Gasteiger partial charge in [-0.25, -0.2) is 0 Å². The zero-order valence-electron chi connectivity index (χ0n) is 16.4. The van der Waals surface area contributed by atoms with E-state index in [1.165, 1.54) is 5.56 Å². The summed E-state index contributed by atoms with van der Waals surface area (Å²) in [5, 5.41) is 2.82. The second-order valence-electron chi connectivity index (χ2n) is 6.82. The van der Waals surface area contributed by atoms with Crippen LogP contribution in [0.1, 0.15) is 36.1 Å². The molecule has 0 bridgehead atoms. The molecule has 2 aromatic carbocycles. The highest BCUT2D eigenvalue weighted by Gasteiger charge is 2.26. The van der Waals surface area contributed by atoms with Gasteiger partial charge in [0.1, 0.15) is 6.04 Å². The molecule has 0 spiro atoms. The summed E-state index contributed by atoms with van der Waals surface area (Å²) in [5.41, 5.74) is 4.31. The molecule has 27 heavy (non-hydrogen) atoms. The molecule has 0 heterocycles. The molecule has 0 saturated carbocycles. The molecule has 0 saturated heterocycles. The summed E-state index contributed by atoms with van der Waals surface area (Å²) in [7, 11) is 0. The molecule has 1 atom stereocenters. The number of benzene rings is 2. The Morgan fingerprint density at radius 2 is 1.81 bits per heavy atom. The highest BCUT2D eigenvalue weighted by molar-refractivity contribution is 9.10. The van der Waals surface area contributed by atoms with Gasteiger partial charge in [0.15, 0.2) is 0 Å². The lowest BCUT2D eigenvalue weighted by molar-refractivity contribution is -0.140. The first-order valence-electron chi connectivity index (χ1n) is 9.19. The maximum Gasteiger partial charge on any atom is 0.242 e. The Hall–Kier alpha value is -2.14. The van der Waals surface area contributed by atoms with Gasteiger partial charge in [0.2, 0.25) is 11.8 Å². The Morgan fingerprint density at radius 3 is 2.44 bits per heavy atom. The Kier molecular flexibility index (Phi) is 7.60. The van der Waals surface area contributed by atoms with Crippen molar-refractivity contribution in [3.63, 3.8) is 0 Å². The van der Waals surface area contributed by atoms with Crippen LogP contribution < -0.4 is 5.32 Å². The van der Waals surface area contributed by atoms with Gasteiger partial charge >= 0.3 is 0 Å². The number of carbonyl (C=O) groups excluding carboxylic acids is 2. The normalized spacial score (nSPS) is 11.7. The van der Waals surface area contributed by atoms with Crippen LogP contribution in [0, 0.1) is 13.8 Å². The summed E-state index contributed by atoms with van der Waals surface area (Å²) < 4.78 is 0.951. The van der Waals surface area contributed by atoms with E-state index in [1.54, 1.807) is 11.8 Å². The minimum atomic E-state index is -0.539. The van der Waals surface area contributed by atoms with Crippen molar-refractivity contribution in [1.29, 1.82) is 0 Å². The molecule has 1 unspecified atom stereocenters. The molecule has 0 radical (unpaired) electrons. The first kappa shape index (κ1) is 21.2. The number of hydrogen-bond acceptors (Lipinski definition) is 2. The van der Waals surface area contributed by atoms with Crippen LogP contribution in [0.5, 0.6) is 0 Å². The van der Waals surface area contributed by atoms with Gasteiger partial charge in [-0.05, 0) is 62.1 Å². The lowest BCUT2D eigenvalue weighted by Crippen LogP contribution is -2.48. The van der Waals surface area contributed by atoms with E-state index in [-0.39, 0.29) is 18.2 Å². The van der Waals surface area contributed by atoms with Gasteiger partial charge in [-0.15, -0.1) is 0 Å². The highest BCUT2D eigenvalue weighted by atomic mass is 79.9. The standard InChI is InChI=1S/C22H27BrN2O2/c1-5-24-22(27)17(4)25(14-19-7-6-8-20(23)12-19)21(26)13-18-10-9-15(2)16(3)11-18/h6-12,17H,5,13-14H2,1-4H3,(H,24,27). The van der Waals surface area contributed by atoms with Gasteiger partial charge < -0.3 is 10.2 Å². The largest absolute Gasteiger partial charge is 0.355 e. The molecular weight excluding hydrogens is 404 g/mol. The second kappa shape index (κ2) is 9.70. The molecule has 0 fully saturated rings. The summed E-state index contributed by atoms with van der Waals surface area (Å²) >= 11 is 3.47. The molecule has 0 aliphatic heterocycles. The van der Waals surface area contributed by atoms with Crippen LogP contribution in [0.4, 0.5) is 0 Å². The van der Waals surface area contributed by atoms with E-state index in [4.69, 9.17) is 0 Å². The van der Waals surface area contributed by atoms with E-state index in [2.05, 4.69) is 28.2 Å². The van der Waals surface area contributed by atoms with E-state index in [1.807, 2.05) is 56.3 Å². The predicted octanol–water partition coefficient (Wildman–Crippen LogP) is 4.16. The van der Waals surface area contributed by atoms with Crippen molar-refractivity contribution in [2.75, 3.05) is 6.54 Å².